The number of halogens is 1. The molecular weight excluding hydrogens is 272 g/mol. The number of rotatable bonds is 4. The van der Waals surface area contributed by atoms with Crippen molar-refractivity contribution in [3.8, 4) is 0 Å². The lowest BCUT2D eigenvalue weighted by Crippen LogP contribution is -2.46. The fraction of sp³-hybridized carbons (Fsp3) is 0.562. The number of benzene rings is 1. The van der Waals surface area contributed by atoms with Crippen molar-refractivity contribution in [1.29, 1.82) is 0 Å². The first-order chi connectivity index (χ1) is 9.16. The Hall–Kier alpha value is -1.06. The predicted octanol–water partition coefficient (Wildman–Crippen LogP) is 2.99. The molecule has 2 rings (SSSR count). The maximum atomic E-state index is 12.0. The predicted molar refractivity (Wildman–Crippen MR) is 85.3 cm³/mol. The third-order valence-corrected chi connectivity index (χ3v) is 3.74. The third-order valence-electron chi connectivity index (χ3n) is 3.74. The van der Waals surface area contributed by atoms with Crippen molar-refractivity contribution in [1.82, 2.24) is 10.6 Å². The van der Waals surface area contributed by atoms with E-state index in [-0.39, 0.29) is 24.4 Å². The molecule has 3 nitrogen and oxygen atoms in total. The molecule has 1 atom stereocenters. The van der Waals surface area contributed by atoms with Gasteiger partial charge in [0.15, 0.2) is 0 Å². The van der Waals surface area contributed by atoms with E-state index in [9.17, 15) is 4.79 Å². The molecule has 1 aromatic rings. The van der Waals surface area contributed by atoms with E-state index in [1.807, 2.05) is 0 Å². The van der Waals surface area contributed by atoms with E-state index >= 15 is 0 Å². The monoisotopic (exact) mass is 296 g/mol. The fourth-order valence-corrected chi connectivity index (χ4v) is 2.41. The molecule has 0 aromatic heterocycles. The summed E-state index contributed by atoms with van der Waals surface area (Å²) in [5.74, 6) is 0.683. The van der Waals surface area contributed by atoms with Crippen LogP contribution >= 0.6 is 12.4 Å². The van der Waals surface area contributed by atoms with Gasteiger partial charge in [0.2, 0.25) is 5.91 Å². The van der Waals surface area contributed by atoms with Gasteiger partial charge < -0.3 is 10.6 Å². The van der Waals surface area contributed by atoms with E-state index in [4.69, 9.17) is 0 Å². The Balaban J connectivity index is 0.00000200. The zero-order chi connectivity index (χ0) is 13.7. The van der Waals surface area contributed by atoms with Gasteiger partial charge in [0.25, 0.3) is 0 Å². The van der Waals surface area contributed by atoms with Gasteiger partial charge in [0, 0.05) is 6.54 Å². The second kappa shape index (κ2) is 8.28. The van der Waals surface area contributed by atoms with Crippen LogP contribution < -0.4 is 10.6 Å². The Morgan fingerprint density at radius 2 is 2.00 bits per heavy atom. The molecule has 0 saturated carbocycles. The number of piperidine rings is 1. The first kappa shape index (κ1) is 17.0. The van der Waals surface area contributed by atoms with E-state index in [0.29, 0.717) is 12.5 Å². The largest absolute Gasteiger partial charge is 0.351 e. The number of nitrogens with one attached hydrogen (secondary N) is 2. The van der Waals surface area contributed by atoms with Crippen molar-refractivity contribution in [2.75, 3.05) is 6.54 Å². The number of carbonyl (C=O) groups is 1. The quantitative estimate of drug-likeness (QED) is 0.897. The van der Waals surface area contributed by atoms with Gasteiger partial charge in [-0.25, -0.2) is 0 Å². The topological polar surface area (TPSA) is 41.1 Å². The highest BCUT2D eigenvalue weighted by molar-refractivity contribution is 5.85. The van der Waals surface area contributed by atoms with Crippen LogP contribution in [0.5, 0.6) is 0 Å². The number of hydrogen-bond acceptors (Lipinski definition) is 2. The van der Waals surface area contributed by atoms with Crippen molar-refractivity contribution in [3.63, 3.8) is 0 Å². The summed E-state index contributed by atoms with van der Waals surface area (Å²) >= 11 is 0. The summed E-state index contributed by atoms with van der Waals surface area (Å²) in [6, 6.07) is 8.49. The SMILES string of the molecule is CC(C)c1ccc(CNC(=O)[C@@H]2CCCCN2)cc1.Cl. The minimum Gasteiger partial charge on any atom is -0.351 e. The van der Waals surface area contributed by atoms with Crippen LogP contribution in [0, 0.1) is 0 Å². The van der Waals surface area contributed by atoms with Gasteiger partial charge in [-0.1, -0.05) is 44.5 Å². The fourth-order valence-electron chi connectivity index (χ4n) is 2.41. The summed E-state index contributed by atoms with van der Waals surface area (Å²) in [6.45, 7) is 5.95. The van der Waals surface area contributed by atoms with E-state index < -0.39 is 0 Å². The van der Waals surface area contributed by atoms with Gasteiger partial charge in [0.05, 0.1) is 6.04 Å². The molecule has 20 heavy (non-hydrogen) atoms. The van der Waals surface area contributed by atoms with Crippen molar-refractivity contribution < 1.29 is 4.79 Å². The first-order valence-electron chi connectivity index (χ1n) is 7.27. The Bertz CT molecular complexity index is 411. The standard InChI is InChI=1S/C16H24N2O.ClH/c1-12(2)14-8-6-13(7-9-14)11-18-16(19)15-5-3-4-10-17-15;/h6-9,12,15,17H,3-5,10-11H2,1-2H3,(H,18,19);1H/t15-;/m0./s1. The van der Waals surface area contributed by atoms with Crippen molar-refractivity contribution in [2.24, 2.45) is 0 Å². The second-order valence-electron chi connectivity index (χ2n) is 5.62. The number of amides is 1. The zero-order valence-corrected chi connectivity index (χ0v) is 13.1. The second-order valence-corrected chi connectivity index (χ2v) is 5.62. The molecule has 2 N–H and O–H groups in total. The lowest BCUT2D eigenvalue weighted by atomic mass is 10.0. The smallest absolute Gasteiger partial charge is 0.237 e. The Morgan fingerprint density at radius 1 is 1.30 bits per heavy atom. The minimum atomic E-state index is 0. The summed E-state index contributed by atoms with van der Waals surface area (Å²) in [7, 11) is 0. The van der Waals surface area contributed by atoms with Crippen LogP contribution in [0.25, 0.3) is 0 Å². The van der Waals surface area contributed by atoms with Gasteiger partial charge in [-0.3, -0.25) is 4.79 Å². The van der Waals surface area contributed by atoms with Crippen LogP contribution in [0.2, 0.25) is 0 Å². The van der Waals surface area contributed by atoms with Crippen LogP contribution in [0.4, 0.5) is 0 Å². The van der Waals surface area contributed by atoms with Crippen LogP contribution in [0.15, 0.2) is 24.3 Å². The van der Waals surface area contributed by atoms with Crippen LogP contribution in [-0.2, 0) is 11.3 Å². The maximum Gasteiger partial charge on any atom is 0.237 e. The zero-order valence-electron chi connectivity index (χ0n) is 12.3. The Morgan fingerprint density at radius 3 is 2.55 bits per heavy atom. The van der Waals surface area contributed by atoms with Crippen molar-refractivity contribution >= 4 is 18.3 Å². The van der Waals surface area contributed by atoms with Gasteiger partial charge >= 0.3 is 0 Å². The normalized spacial score (nSPS) is 18.4. The molecule has 1 heterocycles. The van der Waals surface area contributed by atoms with Crippen LogP contribution in [0.3, 0.4) is 0 Å². The first-order valence-corrected chi connectivity index (χ1v) is 7.27. The molecule has 0 spiro atoms. The summed E-state index contributed by atoms with van der Waals surface area (Å²) in [6.07, 6.45) is 3.28. The molecule has 0 unspecified atom stereocenters. The maximum absolute atomic E-state index is 12.0. The molecule has 1 saturated heterocycles. The summed E-state index contributed by atoms with van der Waals surface area (Å²) < 4.78 is 0. The average Bonchev–Trinajstić information content (AvgIpc) is 2.46. The molecule has 112 valence electrons. The average molecular weight is 297 g/mol. The van der Waals surface area contributed by atoms with E-state index in [2.05, 4.69) is 48.7 Å². The Kier molecular flexibility index (Phi) is 7.03. The molecule has 0 aliphatic carbocycles. The van der Waals surface area contributed by atoms with Crippen LogP contribution in [0.1, 0.15) is 50.2 Å². The molecular formula is C16H25ClN2O. The highest BCUT2D eigenvalue weighted by Crippen LogP contribution is 2.14. The molecule has 1 aliphatic heterocycles. The molecule has 1 aliphatic rings. The molecule has 0 radical (unpaired) electrons. The minimum absolute atomic E-state index is 0. The van der Waals surface area contributed by atoms with Crippen molar-refractivity contribution in [2.45, 2.75) is 51.6 Å². The van der Waals surface area contributed by atoms with Gasteiger partial charge in [-0.05, 0) is 36.4 Å². The van der Waals surface area contributed by atoms with Crippen LogP contribution in [-0.4, -0.2) is 18.5 Å². The van der Waals surface area contributed by atoms with E-state index in [0.717, 1.165) is 24.9 Å². The summed E-state index contributed by atoms with van der Waals surface area (Å²) in [4.78, 5) is 12.0. The summed E-state index contributed by atoms with van der Waals surface area (Å²) in [5.41, 5.74) is 2.50. The molecule has 1 aromatic carbocycles. The third kappa shape index (κ3) is 4.80. The highest BCUT2D eigenvalue weighted by atomic mass is 35.5. The lowest BCUT2D eigenvalue weighted by molar-refractivity contribution is -0.123. The van der Waals surface area contributed by atoms with Crippen molar-refractivity contribution in [3.05, 3.63) is 35.4 Å². The molecule has 1 fully saturated rings. The Labute approximate surface area is 127 Å². The number of hydrogen-bond donors (Lipinski definition) is 2. The van der Waals surface area contributed by atoms with Gasteiger partial charge in [-0.15, -0.1) is 12.4 Å². The van der Waals surface area contributed by atoms with Gasteiger partial charge in [-0.2, -0.15) is 0 Å². The summed E-state index contributed by atoms with van der Waals surface area (Å²) in [5, 5.41) is 6.28. The highest BCUT2D eigenvalue weighted by Gasteiger charge is 2.19. The van der Waals surface area contributed by atoms with E-state index in [1.165, 1.54) is 12.0 Å². The number of carbonyl (C=O) groups excluding carboxylic acids is 1. The molecule has 1 amide bonds. The van der Waals surface area contributed by atoms with E-state index in [1.54, 1.807) is 0 Å². The molecule has 0 bridgehead atoms. The molecule has 4 heteroatoms. The van der Waals surface area contributed by atoms with Gasteiger partial charge in [0.1, 0.15) is 0 Å². The lowest BCUT2D eigenvalue weighted by Gasteiger charge is -2.22.